The molecule has 2 nitrogen and oxygen atoms in total. The SMILES string of the molecule is CC(=O)/C=C(/C)NCC(C)C. The van der Waals surface area contributed by atoms with Gasteiger partial charge in [-0.1, -0.05) is 13.8 Å². The minimum atomic E-state index is 0.0961. The second-order valence-electron chi connectivity index (χ2n) is 3.21. The van der Waals surface area contributed by atoms with Crippen LogP contribution in [0, 0.1) is 5.92 Å². The zero-order chi connectivity index (χ0) is 8.85. The highest BCUT2D eigenvalue weighted by Crippen LogP contribution is 1.92. The van der Waals surface area contributed by atoms with E-state index in [9.17, 15) is 4.79 Å². The van der Waals surface area contributed by atoms with Gasteiger partial charge < -0.3 is 5.32 Å². The van der Waals surface area contributed by atoms with E-state index in [-0.39, 0.29) is 5.78 Å². The van der Waals surface area contributed by atoms with Crippen molar-refractivity contribution in [3.8, 4) is 0 Å². The second kappa shape index (κ2) is 4.94. The Balaban J connectivity index is 3.68. The maximum absolute atomic E-state index is 10.6. The van der Waals surface area contributed by atoms with Crippen molar-refractivity contribution in [3.63, 3.8) is 0 Å². The van der Waals surface area contributed by atoms with Crippen LogP contribution < -0.4 is 5.32 Å². The highest BCUT2D eigenvalue weighted by Gasteiger charge is 1.93. The average Bonchev–Trinajstić information content (AvgIpc) is 1.82. The molecule has 0 aromatic carbocycles. The minimum absolute atomic E-state index is 0.0961. The topological polar surface area (TPSA) is 29.1 Å². The van der Waals surface area contributed by atoms with Gasteiger partial charge in [0, 0.05) is 12.2 Å². The quantitative estimate of drug-likeness (QED) is 0.626. The van der Waals surface area contributed by atoms with E-state index in [2.05, 4.69) is 19.2 Å². The van der Waals surface area contributed by atoms with Gasteiger partial charge in [-0.15, -0.1) is 0 Å². The second-order valence-corrected chi connectivity index (χ2v) is 3.21. The molecule has 0 aliphatic heterocycles. The summed E-state index contributed by atoms with van der Waals surface area (Å²) in [5.74, 6) is 0.712. The fraction of sp³-hybridized carbons (Fsp3) is 0.667. The molecule has 0 spiro atoms. The van der Waals surface area contributed by atoms with Gasteiger partial charge in [0.25, 0.3) is 0 Å². The predicted octanol–water partition coefficient (Wildman–Crippen LogP) is 1.72. The molecule has 64 valence electrons. The monoisotopic (exact) mass is 155 g/mol. The van der Waals surface area contributed by atoms with Crippen molar-refractivity contribution in [2.45, 2.75) is 27.7 Å². The van der Waals surface area contributed by atoms with Crippen LogP contribution in [0.1, 0.15) is 27.7 Å². The maximum Gasteiger partial charge on any atom is 0.154 e. The van der Waals surface area contributed by atoms with E-state index in [4.69, 9.17) is 0 Å². The van der Waals surface area contributed by atoms with Crippen molar-refractivity contribution >= 4 is 5.78 Å². The smallest absolute Gasteiger partial charge is 0.154 e. The minimum Gasteiger partial charge on any atom is -0.388 e. The summed E-state index contributed by atoms with van der Waals surface area (Å²) < 4.78 is 0. The predicted molar refractivity (Wildman–Crippen MR) is 47.3 cm³/mol. The van der Waals surface area contributed by atoms with Crippen molar-refractivity contribution in [1.29, 1.82) is 0 Å². The number of rotatable bonds is 4. The van der Waals surface area contributed by atoms with Crippen molar-refractivity contribution in [2.24, 2.45) is 5.92 Å². The standard InChI is InChI=1S/C9H17NO/c1-7(2)6-10-8(3)5-9(4)11/h5,7,10H,6H2,1-4H3/b8-5-. The first-order valence-electron chi connectivity index (χ1n) is 3.95. The fourth-order valence-electron chi connectivity index (χ4n) is 0.721. The summed E-state index contributed by atoms with van der Waals surface area (Å²) in [5.41, 5.74) is 0.950. The normalized spacial score (nSPS) is 11.9. The van der Waals surface area contributed by atoms with E-state index in [1.807, 2.05) is 6.92 Å². The van der Waals surface area contributed by atoms with Gasteiger partial charge in [-0.05, 0) is 25.8 Å². The van der Waals surface area contributed by atoms with Gasteiger partial charge in [-0.3, -0.25) is 4.79 Å². The van der Waals surface area contributed by atoms with Gasteiger partial charge in [-0.25, -0.2) is 0 Å². The van der Waals surface area contributed by atoms with Gasteiger partial charge in [0.15, 0.2) is 5.78 Å². The molecule has 0 amide bonds. The molecule has 2 heteroatoms. The first-order chi connectivity index (χ1) is 5.02. The van der Waals surface area contributed by atoms with Crippen LogP contribution in [0.15, 0.2) is 11.8 Å². The number of hydrogen-bond acceptors (Lipinski definition) is 2. The molecule has 0 rings (SSSR count). The molecule has 0 bridgehead atoms. The third-order valence-corrected chi connectivity index (χ3v) is 1.21. The molecule has 11 heavy (non-hydrogen) atoms. The van der Waals surface area contributed by atoms with Gasteiger partial charge >= 0.3 is 0 Å². The Bertz CT molecular complexity index is 159. The Morgan fingerprint density at radius 2 is 2.00 bits per heavy atom. The van der Waals surface area contributed by atoms with Crippen LogP contribution in [0.25, 0.3) is 0 Å². The summed E-state index contributed by atoms with van der Waals surface area (Å²) in [6.45, 7) is 8.65. The van der Waals surface area contributed by atoms with Crippen molar-refractivity contribution in [3.05, 3.63) is 11.8 Å². The first-order valence-corrected chi connectivity index (χ1v) is 3.95. The van der Waals surface area contributed by atoms with Crippen LogP contribution in [-0.2, 0) is 4.79 Å². The van der Waals surface area contributed by atoms with E-state index in [1.165, 1.54) is 0 Å². The Labute approximate surface area is 68.7 Å². The lowest BCUT2D eigenvalue weighted by Crippen LogP contribution is -2.17. The zero-order valence-electron chi connectivity index (χ0n) is 7.77. The summed E-state index contributed by atoms with van der Waals surface area (Å²) in [6.07, 6.45) is 1.61. The van der Waals surface area contributed by atoms with E-state index < -0.39 is 0 Å². The summed E-state index contributed by atoms with van der Waals surface area (Å²) in [4.78, 5) is 10.6. The number of allylic oxidation sites excluding steroid dienone is 2. The molecule has 0 radical (unpaired) electrons. The average molecular weight is 155 g/mol. The van der Waals surface area contributed by atoms with Crippen LogP contribution in [0.2, 0.25) is 0 Å². The molecular formula is C9H17NO. The lowest BCUT2D eigenvalue weighted by molar-refractivity contribution is -0.112. The fourth-order valence-corrected chi connectivity index (χ4v) is 0.721. The summed E-state index contributed by atoms with van der Waals surface area (Å²) in [7, 11) is 0. The zero-order valence-corrected chi connectivity index (χ0v) is 7.77. The number of hydrogen-bond donors (Lipinski definition) is 1. The molecular weight excluding hydrogens is 138 g/mol. The summed E-state index contributed by atoms with van der Waals surface area (Å²) in [5, 5.41) is 3.15. The van der Waals surface area contributed by atoms with Gasteiger partial charge in [0.1, 0.15) is 0 Å². The molecule has 0 aromatic heterocycles. The van der Waals surface area contributed by atoms with Gasteiger partial charge in [-0.2, -0.15) is 0 Å². The maximum atomic E-state index is 10.6. The molecule has 0 aliphatic rings. The van der Waals surface area contributed by atoms with Gasteiger partial charge in [0.05, 0.1) is 0 Å². The molecule has 0 fully saturated rings. The largest absolute Gasteiger partial charge is 0.388 e. The van der Waals surface area contributed by atoms with E-state index in [1.54, 1.807) is 13.0 Å². The Morgan fingerprint density at radius 3 is 2.36 bits per heavy atom. The lowest BCUT2D eigenvalue weighted by Gasteiger charge is -2.07. The Kier molecular flexibility index (Phi) is 4.59. The number of carbonyl (C=O) groups is 1. The Morgan fingerprint density at radius 1 is 1.45 bits per heavy atom. The molecule has 0 saturated carbocycles. The van der Waals surface area contributed by atoms with E-state index in [0.717, 1.165) is 12.2 Å². The van der Waals surface area contributed by atoms with Crippen molar-refractivity contribution in [2.75, 3.05) is 6.54 Å². The van der Waals surface area contributed by atoms with E-state index in [0.29, 0.717) is 5.92 Å². The highest BCUT2D eigenvalue weighted by molar-refractivity contribution is 5.87. The molecule has 0 atom stereocenters. The summed E-state index contributed by atoms with van der Waals surface area (Å²) in [6, 6.07) is 0. The highest BCUT2D eigenvalue weighted by atomic mass is 16.1. The third-order valence-electron chi connectivity index (χ3n) is 1.21. The van der Waals surface area contributed by atoms with E-state index >= 15 is 0 Å². The molecule has 1 N–H and O–H groups in total. The van der Waals surface area contributed by atoms with Crippen LogP contribution in [0.5, 0.6) is 0 Å². The summed E-state index contributed by atoms with van der Waals surface area (Å²) >= 11 is 0. The van der Waals surface area contributed by atoms with Crippen LogP contribution in [-0.4, -0.2) is 12.3 Å². The van der Waals surface area contributed by atoms with Crippen LogP contribution in [0.4, 0.5) is 0 Å². The Hall–Kier alpha value is -0.790. The molecule has 0 heterocycles. The van der Waals surface area contributed by atoms with Gasteiger partial charge in [0.2, 0.25) is 0 Å². The van der Waals surface area contributed by atoms with Crippen LogP contribution >= 0.6 is 0 Å². The molecule has 0 aliphatic carbocycles. The first kappa shape index (κ1) is 10.2. The molecule has 0 saturated heterocycles. The van der Waals surface area contributed by atoms with Crippen molar-refractivity contribution < 1.29 is 4.79 Å². The number of carbonyl (C=O) groups excluding carboxylic acids is 1. The number of nitrogens with one attached hydrogen (secondary N) is 1. The number of ketones is 1. The van der Waals surface area contributed by atoms with Crippen LogP contribution in [0.3, 0.4) is 0 Å². The molecule has 0 aromatic rings. The van der Waals surface area contributed by atoms with Crippen molar-refractivity contribution in [1.82, 2.24) is 5.32 Å². The molecule has 0 unspecified atom stereocenters. The lowest BCUT2D eigenvalue weighted by atomic mass is 10.2. The third kappa shape index (κ3) is 7.10.